The molecular formula is C11H15N3O3. The first-order valence-corrected chi connectivity index (χ1v) is 5.29. The van der Waals surface area contributed by atoms with E-state index in [0.29, 0.717) is 32.0 Å². The monoisotopic (exact) mass is 237 g/mol. The van der Waals surface area contributed by atoms with Crippen molar-refractivity contribution >= 4 is 0 Å². The Morgan fingerprint density at radius 3 is 2.94 bits per heavy atom. The minimum Gasteiger partial charge on any atom is -0.476 e. The zero-order valence-electron chi connectivity index (χ0n) is 9.76. The molecule has 1 heterocycles. The van der Waals surface area contributed by atoms with Crippen LogP contribution in [0.15, 0.2) is 12.3 Å². The molecule has 0 aliphatic carbocycles. The molecule has 0 saturated carbocycles. The summed E-state index contributed by atoms with van der Waals surface area (Å²) in [7, 11) is 1.63. The molecule has 1 aromatic heterocycles. The van der Waals surface area contributed by atoms with E-state index in [0.717, 1.165) is 6.42 Å². The van der Waals surface area contributed by atoms with Gasteiger partial charge in [-0.15, -0.1) is 5.10 Å². The van der Waals surface area contributed by atoms with Gasteiger partial charge in [0.15, 0.2) is 0 Å². The Balaban J connectivity index is 2.16. The molecule has 17 heavy (non-hydrogen) atoms. The second-order valence-corrected chi connectivity index (χ2v) is 3.17. The summed E-state index contributed by atoms with van der Waals surface area (Å²) >= 11 is 0. The fourth-order valence-corrected chi connectivity index (χ4v) is 1.08. The SMILES string of the molecule is COCCOCCCOc1nnccc1C#N. The average Bonchev–Trinajstić information content (AvgIpc) is 2.38. The van der Waals surface area contributed by atoms with Crippen molar-refractivity contribution in [1.82, 2.24) is 10.2 Å². The summed E-state index contributed by atoms with van der Waals surface area (Å²) in [6, 6.07) is 3.56. The van der Waals surface area contributed by atoms with Crippen LogP contribution in [0.4, 0.5) is 0 Å². The second-order valence-electron chi connectivity index (χ2n) is 3.17. The Labute approximate surface area is 100 Å². The van der Waals surface area contributed by atoms with Gasteiger partial charge in [0.05, 0.1) is 26.0 Å². The minimum atomic E-state index is 0.270. The molecule has 0 atom stereocenters. The van der Waals surface area contributed by atoms with E-state index < -0.39 is 0 Å². The summed E-state index contributed by atoms with van der Waals surface area (Å²) in [6.45, 7) is 2.19. The van der Waals surface area contributed by atoms with E-state index in [2.05, 4.69) is 10.2 Å². The van der Waals surface area contributed by atoms with Crippen LogP contribution in [0.3, 0.4) is 0 Å². The van der Waals surface area contributed by atoms with E-state index in [1.807, 2.05) is 6.07 Å². The van der Waals surface area contributed by atoms with Crippen LogP contribution in [0, 0.1) is 11.3 Å². The van der Waals surface area contributed by atoms with Gasteiger partial charge < -0.3 is 14.2 Å². The van der Waals surface area contributed by atoms with E-state index in [1.165, 1.54) is 6.20 Å². The summed E-state index contributed by atoms with van der Waals surface area (Å²) in [5.41, 5.74) is 0.389. The second kappa shape index (κ2) is 8.44. The lowest BCUT2D eigenvalue weighted by molar-refractivity contribution is 0.0641. The van der Waals surface area contributed by atoms with E-state index in [-0.39, 0.29) is 5.88 Å². The van der Waals surface area contributed by atoms with Crippen molar-refractivity contribution in [3.63, 3.8) is 0 Å². The number of ether oxygens (including phenoxy) is 3. The highest BCUT2D eigenvalue weighted by atomic mass is 16.5. The predicted molar refractivity (Wildman–Crippen MR) is 59.6 cm³/mol. The van der Waals surface area contributed by atoms with Crippen molar-refractivity contribution in [2.45, 2.75) is 6.42 Å². The van der Waals surface area contributed by atoms with Gasteiger partial charge in [-0.2, -0.15) is 10.4 Å². The Morgan fingerprint density at radius 1 is 1.29 bits per heavy atom. The largest absolute Gasteiger partial charge is 0.476 e. The van der Waals surface area contributed by atoms with Gasteiger partial charge in [0.25, 0.3) is 5.88 Å². The molecule has 0 saturated heterocycles. The molecular weight excluding hydrogens is 222 g/mol. The van der Waals surface area contributed by atoms with Crippen LogP contribution in [-0.2, 0) is 9.47 Å². The molecule has 0 spiro atoms. The van der Waals surface area contributed by atoms with Crippen molar-refractivity contribution in [2.24, 2.45) is 0 Å². The first-order chi connectivity index (χ1) is 8.38. The highest BCUT2D eigenvalue weighted by Gasteiger charge is 2.03. The first kappa shape index (κ1) is 13.4. The van der Waals surface area contributed by atoms with Crippen molar-refractivity contribution in [3.05, 3.63) is 17.8 Å². The Morgan fingerprint density at radius 2 is 2.18 bits per heavy atom. The Bertz CT molecular complexity index is 365. The summed E-state index contributed by atoms with van der Waals surface area (Å²) in [4.78, 5) is 0. The molecule has 0 unspecified atom stereocenters. The number of methoxy groups -OCH3 is 1. The summed E-state index contributed by atoms with van der Waals surface area (Å²) in [6.07, 6.45) is 2.18. The van der Waals surface area contributed by atoms with Crippen LogP contribution >= 0.6 is 0 Å². The molecule has 1 rings (SSSR count). The number of aromatic nitrogens is 2. The van der Waals surface area contributed by atoms with Crippen LogP contribution in [0.2, 0.25) is 0 Å². The van der Waals surface area contributed by atoms with Gasteiger partial charge >= 0.3 is 0 Å². The summed E-state index contributed by atoms with van der Waals surface area (Å²) < 4.78 is 15.4. The standard InChI is InChI=1S/C11H15N3O3/c1-15-7-8-16-5-2-6-17-11-10(9-12)3-4-13-14-11/h3-4H,2,5-8H2,1H3. The number of rotatable bonds is 8. The molecule has 0 radical (unpaired) electrons. The van der Waals surface area contributed by atoms with E-state index >= 15 is 0 Å². The molecule has 6 nitrogen and oxygen atoms in total. The lowest BCUT2D eigenvalue weighted by Gasteiger charge is -2.06. The van der Waals surface area contributed by atoms with Crippen LogP contribution < -0.4 is 4.74 Å². The lowest BCUT2D eigenvalue weighted by Crippen LogP contribution is -2.08. The summed E-state index contributed by atoms with van der Waals surface area (Å²) in [5.74, 6) is 0.270. The zero-order valence-corrected chi connectivity index (χ0v) is 9.76. The fraction of sp³-hybridized carbons (Fsp3) is 0.545. The van der Waals surface area contributed by atoms with Gasteiger partial charge in [0, 0.05) is 20.1 Å². The third-order valence-electron chi connectivity index (χ3n) is 1.91. The average molecular weight is 237 g/mol. The third kappa shape index (κ3) is 5.24. The lowest BCUT2D eigenvalue weighted by atomic mass is 10.3. The third-order valence-corrected chi connectivity index (χ3v) is 1.91. The quantitative estimate of drug-likeness (QED) is 0.622. The molecule has 0 aliphatic heterocycles. The highest BCUT2D eigenvalue weighted by Crippen LogP contribution is 2.11. The molecule has 0 N–H and O–H groups in total. The smallest absolute Gasteiger partial charge is 0.251 e. The number of hydrogen-bond donors (Lipinski definition) is 0. The van der Waals surface area contributed by atoms with Crippen LogP contribution in [0.1, 0.15) is 12.0 Å². The van der Waals surface area contributed by atoms with E-state index in [1.54, 1.807) is 13.2 Å². The molecule has 1 aromatic rings. The van der Waals surface area contributed by atoms with Crippen LogP contribution in [0.5, 0.6) is 5.88 Å². The molecule has 0 bridgehead atoms. The number of hydrogen-bond acceptors (Lipinski definition) is 6. The van der Waals surface area contributed by atoms with Gasteiger partial charge in [-0.25, -0.2) is 0 Å². The molecule has 0 aliphatic rings. The maximum atomic E-state index is 8.78. The normalized spacial score (nSPS) is 9.88. The Hall–Kier alpha value is -1.71. The van der Waals surface area contributed by atoms with E-state index in [9.17, 15) is 0 Å². The van der Waals surface area contributed by atoms with Gasteiger partial charge in [-0.1, -0.05) is 0 Å². The minimum absolute atomic E-state index is 0.270. The van der Waals surface area contributed by atoms with Gasteiger partial charge in [0.2, 0.25) is 0 Å². The number of nitriles is 1. The first-order valence-electron chi connectivity index (χ1n) is 5.29. The van der Waals surface area contributed by atoms with Crippen LogP contribution in [-0.4, -0.2) is 43.7 Å². The molecule has 0 amide bonds. The maximum Gasteiger partial charge on any atom is 0.251 e. The van der Waals surface area contributed by atoms with Crippen molar-refractivity contribution in [3.8, 4) is 11.9 Å². The zero-order chi connectivity index (χ0) is 12.3. The maximum absolute atomic E-state index is 8.78. The molecule has 6 heteroatoms. The number of nitrogens with zero attached hydrogens (tertiary/aromatic N) is 3. The topological polar surface area (TPSA) is 77.3 Å². The highest BCUT2D eigenvalue weighted by molar-refractivity contribution is 5.35. The fourth-order valence-electron chi connectivity index (χ4n) is 1.08. The van der Waals surface area contributed by atoms with Crippen molar-refractivity contribution < 1.29 is 14.2 Å². The van der Waals surface area contributed by atoms with Gasteiger partial charge in [-0.3, -0.25) is 0 Å². The van der Waals surface area contributed by atoms with Crippen molar-refractivity contribution in [2.75, 3.05) is 33.5 Å². The summed E-state index contributed by atoms with van der Waals surface area (Å²) in [5, 5.41) is 16.2. The van der Waals surface area contributed by atoms with Crippen LogP contribution in [0.25, 0.3) is 0 Å². The Kier molecular flexibility index (Phi) is 6.63. The van der Waals surface area contributed by atoms with Crippen molar-refractivity contribution in [1.29, 1.82) is 5.26 Å². The predicted octanol–water partition coefficient (Wildman–Crippen LogP) is 0.780. The molecule has 0 aromatic carbocycles. The van der Waals surface area contributed by atoms with Gasteiger partial charge in [0.1, 0.15) is 11.6 Å². The van der Waals surface area contributed by atoms with Gasteiger partial charge in [-0.05, 0) is 6.07 Å². The van der Waals surface area contributed by atoms with E-state index in [4.69, 9.17) is 19.5 Å². The molecule has 92 valence electrons. The molecule has 0 fully saturated rings.